The second-order valence-electron chi connectivity index (χ2n) is 5.94. The molecule has 2 fully saturated rings. The van der Waals surface area contributed by atoms with Crippen molar-refractivity contribution < 1.29 is 0 Å². The molecule has 0 aliphatic carbocycles. The van der Waals surface area contributed by atoms with Crippen molar-refractivity contribution >= 4 is 5.95 Å². The lowest BCUT2D eigenvalue weighted by Gasteiger charge is -2.23. The Labute approximate surface area is 121 Å². The van der Waals surface area contributed by atoms with Crippen LogP contribution in [0.4, 0.5) is 5.95 Å². The van der Waals surface area contributed by atoms with Gasteiger partial charge in [0, 0.05) is 43.1 Å². The molecule has 5 heteroatoms. The average molecular weight is 275 g/mol. The zero-order chi connectivity index (χ0) is 13.9. The molecule has 0 saturated carbocycles. The van der Waals surface area contributed by atoms with Crippen LogP contribution >= 0.6 is 0 Å². The monoisotopic (exact) mass is 275 g/mol. The van der Waals surface area contributed by atoms with Crippen molar-refractivity contribution in [1.82, 2.24) is 20.2 Å². The molecule has 0 aromatic carbocycles. The molecular formula is C15H25N5. The smallest absolute Gasteiger partial charge is 0.225 e. The second kappa shape index (κ2) is 6.06. The summed E-state index contributed by atoms with van der Waals surface area (Å²) >= 11 is 0. The molecule has 2 aliphatic rings. The number of aromatic nitrogens is 2. The highest BCUT2D eigenvalue weighted by Gasteiger charge is 2.30. The molecule has 110 valence electrons. The Balaban J connectivity index is 1.66. The minimum Gasteiger partial charge on any atom is -0.339 e. The molecule has 1 unspecified atom stereocenters. The van der Waals surface area contributed by atoms with Crippen molar-refractivity contribution in [3.05, 3.63) is 17.5 Å². The number of nitrogens with zero attached hydrogens (tertiary/aromatic N) is 4. The molecule has 2 saturated heterocycles. The Morgan fingerprint density at radius 2 is 2.10 bits per heavy atom. The highest BCUT2D eigenvalue weighted by atomic mass is 15.3. The van der Waals surface area contributed by atoms with E-state index in [0.29, 0.717) is 6.04 Å². The van der Waals surface area contributed by atoms with Gasteiger partial charge < -0.3 is 10.2 Å². The SMILES string of the molecule is CNCc1cnc(N2CCC(N3CCCC3)C2)nc1C. The van der Waals surface area contributed by atoms with Gasteiger partial charge in [0.25, 0.3) is 0 Å². The van der Waals surface area contributed by atoms with Crippen molar-refractivity contribution in [2.75, 3.05) is 38.1 Å². The van der Waals surface area contributed by atoms with Crippen LogP contribution in [0.5, 0.6) is 0 Å². The third-order valence-corrected chi connectivity index (χ3v) is 4.54. The molecule has 20 heavy (non-hydrogen) atoms. The molecule has 1 aromatic heterocycles. The lowest BCUT2D eigenvalue weighted by molar-refractivity contribution is 0.260. The molecule has 1 N–H and O–H groups in total. The fraction of sp³-hybridized carbons (Fsp3) is 0.733. The highest BCUT2D eigenvalue weighted by molar-refractivity contribution is 5.35. The van der Waals surface area contributed by atoms with Gasteiger partial charge in [-0.3, -0.25) is 4.90 Å². The fourth-order valence-electron chi connectivity index (χ4n) is 3.32. The number of aryl methyl sites for hydroxylation is 1. The van der Waals surface area contributed by atoms with Gasteiger partial charge in [-0.05, 0) is 46.3 Å². The largest absolute Gasteiger partial charge is 0.339 e. The standard InChI is InChI=1S/C15H25N5/c1-12-13(9-16-2)10-17-15(18-12)20-8-5-14(11-20)19-6-3-4-7-19/h10,14,16H,3-9,11H2,1-2H3. The van der Waals surface area contributed by atoms with Crippen molar-refractivity contribution in [2.45, 2.75) is 38.8 Å². The van der Waals surface area contributed by atoms with E-state index in [9.17, 15) is 0 Å². The van der Waals surface area contributed by atoms with Gasteiger partial charge >= 0.3 is 0 Å². The van der Waals surface area contributed by atoms with Gasteiger partial charge in [-0.25, -0.2) is 9.97 Å². The Hall–Kier alpha value is -1.20. The fourth-order valence-corrected chi connectivity index (χ4v) is 3.32. The Kier molecular flexibility index (Phi) is 4.17. The third kappa shape index (κ3) is 2.79. The molecule has 0 amide bonds. The summed E-state index contributed by atoms with van der Waals surface area (Å²) in [7, 11) is 1.95. The van der Waals surface area contributed by atoms with E-state index >= 15 is 0 Å². The maximum atomic E-state index is 4.69. The molecule has 0 bridgehead atoms. The number of nitrogens with one attached hydrogen (secondary N) is 1. The minimum atomic E-state index is 0.707. The quantitative estimate of drug-likeness (QED) is 0.894. The van der Waals surface area contributed by atoms with Gasteiger partial charge in [0.2, 0.25) is 5.95 Å². The van der Waals surface area contributed by atoms with Crippen LogP contribution in [0, 0.1) is 6.92 Å². The molecule has 0 radical (unpaired) electrons. The zero-order valence-corrected chi connectivity index (χ0v) is 12.6. The van der Waals surface area contributed by atoms with E-state index in [1.165, 1.54) is 37.9 Å². The van der Waals surface area contributed by atoms with Crippen LogP contribution in [0.15, 0.2) is 6.20 Å². The number of hydrogen-bond donors (Lipinski definition) is 1. The van der Waals surface area contributed by atoms with E-state index in [4.69, 9.17) is 4.98 Å². The van der Waals surface area contributed by atoms with Crippen molar-refractivity contribution in [3.63, 3.8) is 0 Å². The van der Waals surface area contributed by atoms with Gasteiger partial charge in [-0.1, -0.05) is 0 Å². The van der Waals surface area contributed by atoms with Crippen molar-refractivity contribution in [3.8, 4) is 0 Å². The molecule has 1 atom stereocenters. The van der Waals surface area contributed by atoms with Crippen LogP contribution in [0.2, 0.25) is 0 Å². The second-order valence-corrected chi connectivity index (χ2v) is 5.94. The van der Waals surface area contributed by atoms with Crippen LogP contribution in [0.3, 0.4) is 0 Å². The predicted molar refractivity (Wildman–Crippen MR) is 81.0 cm³/mol. The topological polar surface area (TPSA) is 44.3 Å². The molecule has 3 rings (SSSR count). The van der Waals surface area contributed by atoms with Crippen LogP contribution in [-0.2, 0) is 6.54 Å². The minimum absolute atomic E-state index is 0.707. The Morgan fingerprint density at radius 3 is 2.80 bits per heavy atom. The summed E-state index contributed by atoms with van der Waals surface area (Å²) in [5.41, 5.74) is 2.28. The third-order valence-electron chi connectivity index (χ3n) is 4.54. The summed E-state index contributed by atoms with van der Waals surface area (Å²) in [6.45, 7) is 7.64. The number of anilines is 1. The summed E-state index contributed by atoms with van der Waals surface area (Å²) < 4.78 is 0. The lowest BCUT2D eigenvalue weighted by Crippen LogP contribution is -2.35. The van der Waals surface area contributed by atoms with Crippen molar-refractivity contribution in [1.29, 1.82) is 0 Å². The van der Waals surface area contributed by atoms with E-state index < -0.39 is 0 Å². The van der Waals surface area contributed by atoms with Crippen LogP contribution in [-0.4, -0.2) is 54.1 Å². The summed E-state index contributed by atoms with van der Waals surface area (Å²) in [5.74, 6) is 0.907. The van der Waals surface area contributed by atoms with Gasteiger partial charge in [-0.15, -0.1) is 0 Å². The Morgan fingerprint density at radius 1 is 1.30 bits per heavy atom. The molecule has 2 aliphatic heterocycles. The molecule has 5 nitrogen and oxygen atoms in total. The van der Waals surface area contributed by atoms with E-state index in [2.05, 4.69) is 27.0 Å². The van der Waals surface area contributed by atoms with E-state index in [0.717, 1.165) is 31.3 Å². The van der Waals surface area contributed by atoms with Crippen LogP contribution in [0.1, 0.15) is 30.5 Å². The number of hydrogen-bond acceptors (Lipinski definition) is 5. The summed E-state index contributed by atoms with van der Waals surface area (Å²) in [5, 5.41) is 3.16. The molecule has 3 heterocycles. The maximum Gasteiger partial charge on any atom is 0.225 e. The first kappa shape index (κ1) is 13.8. The predicted octanol–water partition coefficient (Wildman–Crippen LogP) is 1.18. The van der Waals surface area contributed by atoms with Gasteiger partial charge in [0.05, 0.1) is 0 Å². The Bertz CT molecular complexity index is 456. The summed E-state index contributed by atoms with van der Waals surface area (Å²) in [6, 6.07) is 0.707. The van der Waals surface area contributed by atoms with E-state index in [1.54, 1.807) is 0 Å². The molecule has 1 aromatic rings. The first-order chi connectivity index (χ1) is 9.78. The van der Waals surface area contributed by atoms with Gasteiger partial charge in [0.15, 0.2) is 0 Å². The van der Waals surface area contributed by atoms with E-state index in [1.807, 2.05) is 13.2 Å². The van der Waals surface area contributed by atoms with E-state index in [-0.39, 0.29) is 0 Å². The number of rotatable bonds is 4. The summed E-state index contributed by atoms with van der Waals surface area (Å²) in [6.07, 6.45) is 5.95. The first-order valence-corrected chi connectivity index (χ1v) is 7.74. The normalized spacial score (nSPS) is 23.7. The maximum absolute atomic E-state index is 4.69. The van der Waals surface area contributed by atoms with Crippen molar-refractivity contribution in [2.24, 2.45) is 0 Å². The van der Waals surface area contributed by atoms with Gasteiger partial charge in [0.1, 0.15) is 0 Å². The molecular weight excluding hydrogens is 250 g/mol. The summed E-state index contributed by atoms with van der Waals surface area (Å²) in [4.78, 5) is 14.2. The average Bonchev–Trinajstić information content (AvgIpc) is 3.11. The van der Waals surface area contributed by atoms with Crippen LogP contribution in [0.25, 0.3) is 0 Å². The first-order valence-electron chi connectivity index (χ1n) is 7.74. The van der Waals surface area contributed by atoms with Gasteiger partial charge in [-0.2, -0.15) is 0 Å². The number of likely N-dealkylation sites (tertiary alicyclic amines) is 1. The lowest BCUT2D eigenvalue weighted by atomic mass is 10.2. The zero-order valence-electron chi connectivity index (χ0n) is 12.6. The highest BCUT2D eigenvalue weighted by Crippen LogP contribution is 2.23. The molecule has 0 spiro atoms. The van der Waals surface area contributed by atoms with Crippen LogP contribution < -0.4 is 10.2 Å².